The van der Waals surface area contributed by atoms with Crippen molar-refractivity contribution in [3.63, 3.8) is 0 Å². The molecule has 1 heterocycles. The zero-order valence-electron chi connectivity index (χ0n) is 11.3. The van der Waals surface area contributed by atoms with Gasteiger partial charge in [0, 0.05) is 16.6 Å². The summed E-state index contributed by atoms with van der Waals surface area (Å²) >= 11 is 3.13. The summed E-state index contributed by atoms with van der Waals surface area (Å²) in [6, 6.07) is 7.90. The molecule has 2 nitrogen and oxygen atoms in total. The zero-order valence-corrected chi connectivity index (χ0v) is 13.0. The van der Waals surface area contributed by atoms with Crippen molar-refractivity contribution in [3.8, 4) is 0 Å². The number of benzene rings is 1. The second-order valence-electron chi connectivity index (χ2n) is 4.43. The summed E-state index contributed by atoms with van der Waals surface area (Å²) in [6.07, 6.45) is 0.997. The molecule has 0 saturated carbocycles. The van der Waals surface area contributed by atoms with Crippen LogP contribution in [0.4, 0.5) is 0 Å². The number of thioether (sulfide) groups is 1. The van der Waals surface area contributed by atoms with Crippen LogP contribution in [-0.4, -0.2) is 16.0 Å². The number of rotatable bonds is 5. The van der Waals surface area contributed by atoms with Gasteiger partial charge in [-0.05, 0) is 25.8 Å². The highest BCUT2D eigenvalue weighted by Gasteiger charge is 2.17. The molecular weight excluding hydrogens is 274 g/mol. The van der Waals surface area contributed by atoms with Gasteiger partial charge in [0.1, 0.15) is 0 Å². The molecule has 0 amide bonds. The minimum atomic E-state index is -0.0990. The summed E-state index contributed by atoms with van der Waals surface area (Å²) in [5, 5.41) is 1.91. The lowest BCUT2D eigenvalue weighted by Crippen LogP contribution is -2.13. The molecule has 1 atom stereocenters. The predicted molar refractivity (Wildman–Crippen MR) is 82.3 cm³/mol. The van der Waals surface area contributed by atoms with Gasteiger partial charge < -0.3 is 0 Å². The first kappa shape index (κ1) is 14.3. The molecule has 1 aromatic carbocycles. The highest BCUT2D eigenvalue weighted by Crippen LogP contribution is 2.28. The van der Waals surface area contributed by atoms with Crippen LogP contribution in [0, 0.1) is 6.92 Å². The van der Waals surface area contributed by atoms with E-state index >= 15 is 0 Å². The van der Waals surface area contributed by atoms with Gasteiger partial charge in [-0.15, -0.1) is 11.3 Å². The van der Waals surface area contributed by atoms with Gasteiger partial charge in [-0.3, -0.25) is 4.79 Å². The summed E-state index contributed by atoms with van der Waals surface area (Å²) < 4.78 is 0.962. The third-order valence-corrected chi connectivity index (χ3v) is 5.08. The lowest BCUT2D eigenvalue weighted by molar-refractivity contribution is 0.0994. The van der Waals surface area contributed by atoms with Gasteiger partial charge in [-0.25, -0.2) is 4.98 Å². The first-order chi connectivity index (χ1) is 9.10. The molecule has 0 saturated heterocycles. The SMILES string of the molecule is CCc1ccc(C(=O)C(C)Sc2nc(C)cs2)cc1. The van der Waals surface area contributed by atoms with E-state index in [2.05, 4.69) is 11.9 Å². The van der Waals surface area contributed by atoms with Crippen LogP contribution in [0.1, 0.15) is 35.5 Å². The third kappa shape index (κ3) is 3.67. The molecule has 0 spiro atoms. The number of aromatic nitrogens is 1. The molecule has 2 aromatic rings. The Labute approximate surface area is 122 Å². The van der Waals surface area contributed by atoms with Gasteiger partial charge in [0.2, 0.25) is 0 Å². The number of Topliss-reactive ketones (excluding diaryl/α,β-unsaturated/α-hetero) is 1. The van der Waals surface area contributed by atoms with E-state index in [0.717, 1.165) is 22.0 Å². The van der Waals surface area contributed by atoms with E-state index in [0.29, 0.717) is 0 Å². The van der Waals surface area contributed by atoms with E-state index < -0.39 is 0 Å². The first-order valence-corrected chi connectivity index (χ1v) is 8.08. The normalized spacial score (nSPS) is 12.4. The van der Waals surface area contributed by atoms with Crippen LogP contribution in [0.2, 0.25) is 0 Å². The topological polar surface area (TPSA) is 30.0 Å². The van der Waals surface area contributed by atoms with Gasteiger partial charge in [0.25, 0.3) is 0 Å². The fourth-order valence-electron chi connectivity index (χ4n) is 1.73. The Morgan fingerprint density at radius 2 is 2.05 bits per heavy atom. The number of thiazole rings is 1. The Morgan fingerprint density at radius 1 is 1.37 bits per heavy atom. The molecule has 1 unspecified atom stereocenters. The Balaban J connectivity index is 2.05. The van der Waals surface area contributed by atoms with Gasteiger partial charge >= 0.3 is 0 Å². The van der Waals surface area contributed by atoms with Crippen molar-refractivity contribution in [2.45, 2.75) is 36.8 Å². The minimum Gasteiger partial charge on any atom is -0.293 e. The standard InChI is InChI=1S/C15H17NOS2/c1-4-12-5-7-13(8-6-12)14(17)11(3)19-15-16-10(2)9-18-15/h5-9,11H,4H2,1-3H3. The van der Waals surface area contributed by atoms with Gasteiger partial charge in [-0.2, -0.15) is 0 Å². The van der Waals surface area contributed by atoms with Crippen molar-refractivity contribution in [1.29, 1.82) is 0 Å². The van der Waals surface area contributed by atoms with Crippen LogP contribution in [-0.2, 0) is 6.42 Å². The number of hydrogen-bond donors (Lipinski definition) is 0. The number of carbonyl (C=O) groups excluding carboxylic acids is 1. The number of aryl methyl sites for hydroxylation is 2. The number of nitrogens with zero attached hydrogens (tertiary/aromatic N) is 1. The van der Waals surface area contributed by atoms with Gasteiger partial charge in [0.15, 0.2) is 10.1 Å². The van der Waals surface area contributed by atoms with E-state index in [1.807, 2.05) is 43.5 Å². The molecule has 0 bridgehead atoms. The minimum absolute atomic E-state index is 0.0990. The van der Waals surface area contributed by atoms with E-state index in [9.17, 15) is 4.79 Å². The fraction of sp³-hybridized carbons (Fsp3) is 0.333. The van der Waals surface area contributed by atoms with Gasteiger partial charge in [0.05, 0.1) is 5.25 Å². The van der Waals surface area contributed by atoms with Crippen LogP contribution in [0.3, 0.4) is 0 Å². The maximum absolute atomic E-state index is 12.3. The zero-order chi connectivity index (χ0) is 13.8. The molecule has 0 aliphatic carbocycles. The van der Waals surface area contributed by atoms with Crippen molar-refractivity contribution < 1.29 is 4.79 Å². The summed E-state index contributed by atoms with van der Waals surface area (Å²) in [5.74, 6) is 0.167. The van der Waals surface area contributed by atoms with Crippen molar-refractivity contribution in [3.05, 3.63) is 46.5 Å². The second-order valence-corrected chi connectivity index (χ2v) is 6.88. The second kappa shape index (κ2) is 6.35. The highest BCUT2D eigenvalue weighted by atomic mass is 32.2. The molecule has 0 aliphatic heterocycles. The molecule has 4 heteroatoms. The largest absolute Gasteiger partial charge is 0.293 e. The smallest absolute Gasteiger partial charge is 0.175 e. The van der Waals surface area contributed by atoms with Crippen molar-refractivity contribution >= 4 is 28.9 Å². The van der Waals surface area contributed by atoms with E-state index in [1.165, 1.54) is 17.3 Å². The Hall–Kier alpha value is -1.13. The molecule has 0 N–H and O–H groups in total. The van der Waals surface area contributed by atoms with Crippen LogP contribution in [0.5, 0.6) is 0 Å². The van der Waals surface area contributed by atoms with Crippen LogP contribution >= 0.6 is 23.1 Å². The molecule has 0 fully saturated rings. The summed E-state index contributed by atoms with van der Waals surface area (Å²) in [4.78, 5) is 16.7. The Morgan fingerprint density at radius 3 is 2.58 bits per heavy atom. The first-order valence-electron chi connectivity index (χ1n) is 6.32. The fourth-order valence-corrected chi connectivity index (χ4v) is 3.79. The molecule has 19 heavy (non-hydrogen) atoms. The van der Waals surface area contributed by atoms with Crippen LogP contribution < -0.4 is 0 Å². The summed E-state index contributed by atoms with van der Waals surface area (Å²) in [5.41, 5.74) is 3.05. The van der Waals surface area contributed by atoms with Crippen molar-refractivity contribution in [1.82, 2.24) is 4.98 Å². The van der Waals surface area contributed by atoms with Gasteiger partial charge in [-0.1, -0.05) is 43.0 Å². The molecule has 0 aliphatic rings. The number of ketones is 1. The number of hydrogen-bond acceptors (Lipinski definition) is 4. The quantitative estimate of drug-likeness (QED) is 0.605. The maximum Gasteiger partial charge on any atom is 0.175 e. The molecule has 100 valence electrons. The third-order valence-electron chi connectivity index (χ3n) is 2.89. The molecule has 2 rings (SSSR count). The predicted octanol–water partition coefficient (Wildman–Crippen LogP) is 4.38. The number of carbonyl (C=O) groups is 1. The van der Waals surface area contributed by atoms with E-state index in [1.54, 1.807) is 11.3 Å². The lowest BCUT2D eigenvalue weighted by atomic mass is 10.1. The monoisotopic (exact) mass is 291 g/mol. The van der Waals surface area contributed by atoms with Crippen molar-refractivity contribution in [2.75, 3.05) is 0 Å². The van der Waals surface area contributed by atoms with Crippen LogP contribution in [0.15, 0.2) is 34.0 Å². The van der Waals surface area contributed by atoms with Crippen LogP contribution in [0.25, 0.3) is 0 Å². The molecular formula is C15H17NOS2. The summed E-state index contributed by atoms with van der Waals surface area (Å²) in [6.45, 7) is 6.02. The maximum atomic E-state index is 12.3. The highest BCUT2D eigenvalue weighted by molar-refractivity contribution is 8.02. The molecule has 1 aromatic heterocycles. The Bertz CT molecular complexity index is 560. The van der Waals surface area contributed by atoms with E-state index in [4.69, 9.17) is 0 Å². The lowest BCUT2D eigenvalue weighted by Gasteiger charge is -2.08. The molecule has 0 radical (unpaired) electrons. The van der Waals surface area contributed by atoms with E-state index in [-0.39, 0.29) is 11.0 Å². The average Bonchev–Trinajstić information content (AvgIpc) is 2.83. The Kier molecular flexibility index (Phi) is 4.77. The van der Waals surface area contributed by atoms with Crippen molar-refractivity contribution in [2.24, 2.45) is 0 Å². The summed E-state index contributed by atoms with van der Waals surface area (Å²) in [7, 11) is 0. The average molecular weight is 291 g/mol.